The van der Waals surface area contributed by atoms with Crippen LogP contribution >= 0.6 is 0 Å². The molecule has 0 aliphatic rings. The molecule has 3 nitrogen and oxygen atoms in total. The Balaban J connectivity index is 1.75. The smallest absolute Gasteiger partial charge is 0.124 e. The fourth-order valence-corrected chi connectivity index (χ4v) is 2.97. The maximum absolute atomic E-state index is 10.3. The minimum Gasteiger partial charge on any atom is -0.493 e. The molecule has 0 amide bonds. The standard InChI is InChI=1S/C22H25NO2/c1-2-14-25-22-13-12-17-8-6-7-11-19(17)20(22)15-23-16-21(24)18-9-4-3-5-10-18/h3-13,21,23-24H,2,14-16H2,1H3. The van der Waals surface area contributed by atoms with Crippen LogP contribution in [0.15, 0.2) is 66.7 Å². The number of rotatable bonds is 8. The number of nitrogens with one attached hydrogen (secondary N) is 1. The Morgan fingerprint density at radius 2 is 1.72 bits per heavy atom. The summed E-state index contributed by atoms with van der Waals surface area (Å²) in [6.07, 6.45) is 0.461. The van der Waals surface area contributed by atoms with Crippen molar-refractivity contribution in [3.8, 4) is 5.75 Å². The van der Waals surface area contributed by atoms with E-state index in [0.717, 1.165) is 23.3 Å². The molecule has 130 valence electrons. The van der Waals surface area contributed by atoms with Gasteiger partial charge in [-0.2, -0.15) is 0 Å². The lowest BCUT2D eigenvalue weighted by Gasteiger charge is -2.16. The second-order valence-corrected chi connectivity index (χ2v) is 6.17. The summed E-state index contributed by atoms with van der Waals surface area (Å²) in [4.78, 5) is 0. The van der Waals surface area contributed by atoms with Crippen LogP contribution in [0, 0.1) is 0 Å². The monoisotopic (exact) mass is 335 g/mol. The third-order valence-corrected chi connectivity index (χ3v) is 4.28. The summed E-state index contributed by atoms with van der Waals surface area (Å²) in [5.74, 6) is 0.919. The molecule has 0 aromatic heterocycles. The highest BCUT2D eigenvalue weighted by Crippen LogP contribution is 2.28. The summed E-state index contributed by atoms with van der Waals surface area (Å²) >= 11 is 0. The molecule has 0 bridgehead atoms. The molecule has 3 aromatic rings. The fourth-order valence-electron chi connectivity index (χ4n) is 2.97. The molecule has 0 heterocycles. The highest BCUT2D eigenvalue weighted by molar-refractivity contribution is 5.87. The van der Waals surface area contributed by atoms with Crippen molar-refractivity contribution < 1.29 is 9.84 Å². The summed E-state index contributed by atoms with van der Waals surface area (Å²) < 4.78 is 5.93. The van der Waals surface area contributed by atoms with Crippen LogP contribution in [0.5, 0.6) is 5.75 Å². The van der Waals surface area contributed by atoms with E-state index in [1.807, 2.05) is 48.5 Å². The summed E-state index contributed by atoms with van der Waals surface area (Å²) in [5, 5.41) is 16.1. The average molecular weight is 335 g/mol. The Hall–Kier alpha value is -2.36. The molecule has 0 aliphatic heterocycles. The maximum atomic E-state index is 10.3. The number of fused-ring (bicyclic) bond motifs is 1. The second-order valence-electron chi connectivity index (χ2n) is 6.17. The van der Waals surface area contributed by atoms with Gasteiger partial charge in [-0.1, -0.05) is 67.6 Å². The topological polar surface area (TPSA) is 41.5 Å². The van der Waals surface area contributed by atoms with Crippen LogP contribution in [-0.4, -0.2) is 18.3 Å². The lowest BCUT2D eigenvalue weighted by Crippen LogP contribution is -2.21. The molecule has 1 unspecified atom stereocenters. The molecule has 0 aliphatic carbocycles. The predicted molar refractivity (Wildman–Crippen MR) is 103 cm³/mol. The first-order valence-electron chi connectivity index (χ1n) is 8.86. The van der Waals surface area contributed by atoms with Crippen LogP contribution in [0.3, 0.4) is 0 Å². The number of hydrogen-bond acceptors (Lipinski definition) is 3. The van der Waals surface area contributed by atoms with E-state index in [4.69, 9.17) is 4.74 Å². The van der Waals surface area contributed by atoms with Gasteiger partial charge < -0.3 is 15.2 Å². The Labute approximate surface area is 149 Å². The van der Waals surface area contributed by atoms with Gasteiger partial charge in [0.2, 0.25) is 0 Å². The number of ether oxygens (including phenoxy) is 1. The molecule has 25 heavy (non-hydrogen) atoms. The van der Waals surface area contributed by atoms with E-state index in [1.54, 1.807) is 0 Å². The predicted octanol–water partition coefficient (Wildman–Crippen LogP) is 4.45. The minimum absolute atomic E-state index is 0.500. The van der Waals surface area contributed by atoms with Gasteiger partial charge in [-0.25, -0.2) is 0 Å². The Morgan fingerprint density at radius 3 is 2.52 bits per heavy atom. The number of benzene rings is 3. The molecule has 3 heteroatoms. The van der Waals surface area contributed by atoms with Gasteiger partial charge in [-0.05, 0) is 28.8 Å². The van der Waals surface area contributed by atoms with E-state index < -0.39 is 6.10 Å². The van der Waals surface area contributed by atoms with Crippen LogP contribution in [-0.2, 0) is 6.54 Å². The van der Waals surface area contributed by atoms with Crippen LogP contribution < -0.4 is 10.1 Å². The van der Waals surface area contributed by atoms with Crippen molar-refractivity contribution in [1.82, 2.24) is 5.32 Å². The number of aliphatic hydroxyl groups is 1. The van der Waals surface area contributed by atoms with Crippen LogP contribution in [0.1, 0.15) is 30.6 Å². The molecule has 3 aromatic carbocycles. The maximum Gasteiger partial charge on any atom is 0.124 e. The third kappa shape index (κ3) is 4.38. The number of hydrogen-bond donors (Lipinski definition) is 2. The molecule has 1 atom stereocenters. The molecule has 0 spiro atoms. The van der Waals surface area contributed by atoms with E-state index in [2.05, 4.69) is 30.4 Å². The molecule has 3 rings (SSSR count). The van der Waals surface area contributed by atoms with Crippen molar-refractivity contribution in [2.45, 2.75) is 26.0 Å². The molecular weight excluding hydrogens is 310 g/mol. The van der Waals surface area contributed by atoms with Gasteiger partial charge in [-0.15, -0.1) is 0 Å². The van der Waals surface area contributed by atoms with Crippen molar-refractivity contribution in [1.29, 1.82) is 0 Å². The highest BCUT2D eigenvalue weighted by atomic mass is 16.5. The number of aliphatic hydroxyl groups excluding tert-OH is 1. The lowest BCUT2D eigenvalue weighted by molar-refractivity contribution is 0.174. The third-order valence-electron chi connectivity index (χ3n) is 4.28. The van der Waals surface area contributed by atoms with Gasteiger partial charge in [0, 0.05) is 18.7 Å². The summed E-state index contributed by atoms with van der Waals surface area (Å²) in [5.41, 5.74) is 2.07. The second kappa shape index (κ2) is 8.65. The van der Waals surface area contributed by atoms with E-state index in [9.17, 15) is 5.11 Å². The molecule has 0 fully saturated rings. The minimum atomic E-state index is -0.517. The fraction of sp³-hybridized carbons (Fsp3) is 0.273. The Kier molecular flexibility index (Phi) is 6.04. The molecule has 0 radical (unpaired) electrons. The quantitative estimate of drug-likeness (QED) is 0.639. The Bertz CT molecular complexity index is 801. The highest BCUT2D eigenvalue weighted by Gasteiger charge is 2.11. The van der Waals surface area contributed by atoms with Gasteiger partial charge in [-0.3, -0.25) is 0 Å². The zero-order valence-electron chi connectivity index (χ0n) is 14.6. The van der Waals surface area contributed by atoms with Crippen LogP contribution in [0.25, 0.3) is 10.8 Å². The van der Waals surface area contributed by atoms with Crippen molar-refractivity contribution >= 4 is 10.8 Å². The summed E-state index contributed by atoms with van der Waals surface area (Å²) in [7, 11) is 0. The summed E-state index contributed by atoms with van der Waals surface area (Å²) in [6.45, 7) is 3.97. The largest absolute Gasteiger partial charge is 0.493 e. The normalized spacial score (nSPS) is 12.2. The summed E-state index contributed by atoms with van der Waals surface area (Å²) in [6, 6.07) is 22.2. The first-order chi connectivity index (χ1) is 12.3. The van der Waals surface area contributed by atoms with Crippen molar-refractivity contribution in [2.75, 3.05) is 13.2 Å². The zero-order chi connectivity index (χ0) is 17.5. The van der Waals surface area contributed by atoms with Crippen LogP contribution in [0.4, 0.5) is 0 Å². The van der Waals surface area contributed by atoms with Gasteiger partial charge in [0.05, 0.1) is 12.7 Å². The lowest BCUT2D eigenvalue weighted by atomic mass is 10.0. The van der Waals surface area contributed by atoms with Crippen molar-refractivity contribution in [3.05, 3.63) is 77.9 Å². The first kappa shape index (κ1) is 17.5. The van der Waals surface area contributed by atoms with Gasteiger partial charge in [0.15, 0.2) is 0 Å². The molecule has 2 N–H and O–H groups in total. The van der Waals surface area contributed by atoms with Crippen molar-refractivity contribution in [2.24, 2.45) is 0 Å². The zero-order valence-corrected chi connectivity index (χ0v) is 14.6. The molecule has 0 saturated carbocycles. The molecular formula is C22H25NO2. The Morgan fingerprint density at radius 1 is 0.960 bits per heavy atom. The SMILES string of the molecule is CCCOc1ccc2ccccc2c1CNCC(O)c1ccccc1. The van der Waals surface area contributed by atoms with Gasteiger partial charge in [0.25, 0.3) is 0 Å². The van der Waals surface area contributed by atoms with E-state index in [1.165, 1.54) is 10.8 Å². The van der Waals surface area contributed by atoms with E-state index in [-0.39, 0.29) is 0 Å². The molecule has 0 saturated heterocycles. The average Bonchev–Trinajstić information content (AvgIpc) is 2.67. The van der Waals surface area contributed by atoms with Crippen molar-refractivity contribution in [3.63, 3.8) is 0 Å². The van der Waals surface area contributed by atoms with Gasteiger partial charge in [0.1, 0.15) is 5.75 Å². The first-order valence-corrected chi connectivity index (χ1v) is 8.86. The van der Waals surface area contributed by atoms with Crippen LogP contribution in [0.2, 0.25) is 0 Å². The van der Waals surface area contributed by atoms with E-state index >= 15 is 0 Å². The van der Waals surface area contributed by atoms with E-state index in [0.29, 0.717) is 19.7 Å². The van der Waals surface area contributed by atoms with Gasteiger partial charge >= 0.3 is 0 Å².